The second-order valence-corrected chi connectivity index (χ2v) is 7.40. The molecule has 2 heterocycles. The Morgan fingerprint density at radius 3 is 2.80 bits per heavy atom. The van der Waals surface area contributed by atoms with Gasteiger partial charge in [0, 0.05) is 43.5 Å². The highest BCUT2D eigenvalue weighted by Crippen LogP contribution is 2.43. The van der Waals surface area contributed by atoms with Gasteiger partial charge in [0.15, 0.2) is 0 Å². The Morgan fingerprint density at radius 2 is 2.10 bits per heavy atom. The van der Waals surface area contributed by atoms with Crippen molar-refractivity contribution in [3.05, 3.63) is 22.4 Å². The molecule has 1 saturated heterocycles. The van der Waals surface area contributed by atoms with Crippen LogP contribution >= 0.6 is 11.3 Å². The lowest BCUT2D eigenvalue weighted by Gasteiger charge is -2.43. The summed E-state index contributed by atoms with van der Waals surface area (Å²) >= 11 is 1.72. The van der Waals surface area contributed by atoms with Crippen LogP contribution in [-0.2, 0) is 5.60 Å². The first-order valence-electron chi connectivity index (χ1n) is 7.86. The summed E-state index contributed by atoms with van der Waals surface area (Å²) in [7, 11) is 2.19. The van der Waals surface area contributed by atoms with Gasteiger partial charge in [-0.1, -0.05) is 18.9 Å². The van der Waals surface area contributed by atoms with Crippen molar-refractivity contribution in [2.45, 2.75) is 31.3 Å². The van der Waals surface area contributed by atoms with E-state index >= 15 is 0 Å². The van der Waals surface area contributed by atoms with E-state index in [0.29, 0.717) is 5.92 Å². The molecule has 0 radical (unpaired) electrons. The third-order valence-corrected chi connectivity index (χ3v) is 6.09. The van der Waals surface area contributed by atoms with Gasteiger partial charge in [0.25, 0.3) is 0 Å². The fourth-order valence-electron chi connectivity index (χ4n) is 3.66. The van der Waals surface area contributed by atoms with E-state index in [1.165, 1.54) is 17.7 Å². The Labute approximate surface area is 126 Å². The quantitative estimate of drug-likeness (QED) is 0.927. The summed E-state index contributed by atoms with van der Waals surface area (Å²) in [4.78, 5) is 6.12. The molecule has 2 unspecified atom stereocenters. The Morgan fingerprint density at radius 1 is 1.30 bits per heavy atom. The molecular formula is C16H26N2OS. The van der Waals surface area contributed by atoms with Crippen LogP contribution in [0.5, 0.6) is 0 Å². The third kappa shape index (κ3) is 2.93. The predicted molar refractivity (Wildman–Crippen MR) is 84.1 cm³/mol. The molecule has 0 amide bonds. The molecule has 1 N–H and O–H groups in total. The molecule has 0 bridgehead atoms. The maximum Gasteiger partial charge on any atom is 0.103 e. The number of aliphatic hydroxyl groups is 1. The summed E-state index contributed by atoms with van der Waals surface area (Å²) in [5.74, 6) is 0.401. The average Bonchev–Trinajstić information content (AvgIpc) is 2.99. The molecule has 1 aliphatic carbocycles. The highest BCUT2D eigenvalue weighted by Gasteiger charge is 2.41. The van der Waals surface area contributed by atoms with Crippen molar-refractivity contribution in [3.63, 3.8) is 0 Å². The molecule has 1 saturated carbocycles. The summed E-state index contributed by atoms with van der Waals surface area (Å²) in [6.45, 7) is 5.66. The normalized spacial score (nSPS) is 33.4. The fourth-order valence-corrected chi connectivity index (χ4v) is 4.60. The lowest BCUT2D eigenvalue weighted by Crippen LogP contribution is -2.50. The number of nitrogens with zero attached hydrogens (tertiary/aromatic N) is 2. The summed E-state index contributed by atoms with van der Waals surface area (Å²) in [5.41, 5.74) is -0.574. The summed E-state index contributed by atoms with van der Waals surface area (Å²) in [6.07, 6.45) is 4.53. The van der Waals surface area contributed by atoms with Gasteiger partial charge in [-0.05, 0) is 31.3 Å². The van der Waals surface area contributed by atoms with Gasteiger partial charge in [-0.3, -0.25) is 0 Å². The van der Waals surface area contributed by atoms with Crippen LogP contribution in [0.1, 0.15) is 30.6 Å². The highest BCUT2D eigenvalue weighted by molar-refractivity contribution is 7.10. The zero-order valence-electron chi connectivity index (χ0n) is 12.4. The number of hydrogen-bond acceptors (Lipinski definition) is 4. The number of hydrogen-bond donors (Lipinski definition) is 1. The van der Waals surface area contributed by atoms with E-state index < -0.39 is 5.60 Å². The maximum atomic E-state index is 11.2. The van der Waals surface area contributed by atoms with Gasteiger partial charge >= 0.3 is 0 Å². The minimum Gasteiger partial charge on any atom is -0.384 e. The zero-order valence-corrected chi connectivity index (χ0v) is 13.2. The fraction of sp³-hybridized carbons (Fsp3) is 0.750. The molecule has 1 aromatic rings. The monoisotopic (exact) mass is 294 g/mol. The molecule has 2 fully saturated rings. The predicted octanol–water partition coefficient (Wildman–Crippen LogP) is 2.37. The first-order chi connectivity index (χ1) is 9.68. The Hall–Kier alpha value is -0.420. The van der Waals surface area contributed by atoms with Gasteiger partial charge < -0.3 is 14.9 Å². The molecular weight excluding hydrogens is 268 g/mol. The smallest absolute Gasteiger partial charge is 0.103 e. The molecule has 2 atom stereocenters. The van der Waals surface area contributed by atoms with E-state index in [0.717, 1.165) is 45.6 Å². The number of likely N-dealkylation sites (N-methyl/N-ethyl adjacent to an activating group) is 1. The second-order valence-electron chi connectivity index (χ2n) is 6.45. The number of thiophene rings is 1. The van der Waals surface area contributed by atoms with Crippen molar-refractivity contribution in [2.75, 3.05) is 39.8 Å². The van der Waals surface area contributed by atoms with Crippen molar-refractivity contribution >= 4 is 11.3 Å². The van der Waals surface area contributed by atoms with E-state index in [1.807, 2.05) is 0 Å². The number of piperazine rings is 1. The van der Waals surface area contributed by atoms with Crippen LogP contribution in [0.2, 0.25) is 0 Å². The molecule has 4 heteroatoms. The Bertz CT molecular complexity index is 414. The third-order valence-electron chi connectivity index (χ3n) is 5.06. The summed E-state index contributed by atoms with van der Waals surface area (Å²) in [5, 5.41) is 13.3. The van der Waals surface area contributed by atoms with Crippen LogP contribution in [0.15, 0.2) is 17.5 Å². The average molecular weight is 294 g/mol. The zero-order chi connectivity index (χ0) is 14.0. The van der Waals surface area contributed by atoms with Gasteiger partial charge in [0.2, 0.25) is 0 Å². The van der Waals surface area contributed by atoms with Gasteiger partial charge in [0.1, 0.15) is 5.60 Å². The standard InChI is InChI=1S/C16H26N2OS/c1-17-8-10-18(11-9-17)13-14-5-2-3-7-16(14,19)15-6-4-12-20-15/h4,6,12,14,19H,2-3,5,7-11,13H2,1H3. The van der Waals surface area contributed by atoms with E-state index in [9.17, 15) is 5.11 Å². The van der Waals surface area contributed by atoms with Gasteiger partial charge in [0.05, 0.1) is 0 Å². The van der Waals surface area contributed by atoms with Crippen molar-refractivity contribution in [3.8, 4) is 0 Å². The SMILES string of the molecule is CN1CCN(CC2CCCCC2(O)c2cccs2)CC1. The summed E-state index contributed by atoms with van der Waals surface area (Å²) < 4.78 is 0. The van der Waals surface area contributed by atoms with Crippen LogP contribution < -0.4 is 0 Å². The van der Waals surface area contributed by atoms with Crippen LogP contribution in [0.25, 0.3) is 0 Å². The Balaban J connectivity index is 1.69. The highest BCUT2D eigenvalue weighted by atomic mass is 32.1. The van der Waals surface area contributed by atoms with Crippen molar-refractivity contribution in [1.29, 1.82) is 0 Å². The largest absolute Gasteiger partial charge is 0.384 e. The Kier molecular flexibility index (Phi) is 4.46. The van der Waals surface area contributed by atoms with Crippen LogP contribution in [0.4, 0.5) is 0 Å². The topological polar surface area (TPSA) is 26.7 Å². The van der Waals surface area contributed by atoms with Gasteiger partial charge in [-0.2, -0.15) is 0 Å². The minimum absolute atomic E-state index is 0.401. The van der Waals surface area contributed by atoms with E-state index in [2.05, 4.69) is 34.4 Å². The first-order valence-corrected chi connectivity index (χ1v) is 8.74. The van der Waals surface area contributed by atoms with Crippen LogP contribution in [0, 0.1) is 5.92 Å². The van der Waals surface area contributed by atoms with Gasteiger partial charge in [-0.25, -0.2) is 0 Å². The molecule has 112 valence electrons. The van der Waals surface area contributed by atoms with Crippen molar-refractivity contribution in [1.82, 2.24) is 9.80 Å². The second kappa shape index (κ2) is 6.14. The van der Waals surface area contributed by atoms with Gasteiger partial charge in [-0.15, -0.1) is 11.3 Å². The molecule has 0 aromatic carbocycles. The molecule has 20 heavy (non-hydrogen) atoms. The van der Waals surface area contributed by atoms with Crippen molar-refractivity contribution in [2.24, 2.45) is 5.92 Å². The molecule has 3 nitrogen and oxygen atoms in total. The van der Waals surface area contributed by atoms with E-state index in [4.69, 9.17) is 0 Å². The molecule has 3 rings (SSSR count). The molecule has 1 aromatic heterocycles. The minimum atomic E-state index is -0.574. The van der Waals surface area contributed by atoms with E-state index in [-0.39, 0.29) is 0 Å². The molecule has 2 aliphatic rings. The summed E-state index contributed by atoms with van der Waals surface area (Å²) in [6, 6.07) is 4.19. The van der Waals surface area contributed by atoms with Crippen LogP contribution in [-0.4, -0.2) is 54.7 Å². The lowest BCUT2D eigenvalue weighted by molar-refractivity contribution is -0.0656. The number of rotatable bonds is 3. The first kappa shape index (κ1) is 14.5. The van der Waals surface area contributed by atoms with Crippen LogP contribution in [0.3, 0.4) is 0 Å². The molecule has 1 aliphatic heterocycles. The molecule has 0 spiro atoms. The maximum absolute atomic E-state index is 11.2. The van der Waals surface area contributed by atoms with E-state index in [1.54, 1.807) is 11.3 Å². The lowest BCUT2D eigenvalue weighted by atomic mass is 9.74. The van der Waals surface area contributed by atoms with Crippen molar-refractivity contribution < 1.29 is 5.11 Å².